The highest BCUT2D eigenvalue weighted by molar-refractivity contribution is 5.83. The molecule has 0 aromatic carbocycles. The molecule has 114 valence electrons. The van der Waals surface area contributed by atoms with Gasteiger partial charge in [-0.3, -0.25) is 4.79 Å². The summed E-state index contributed by atoms with van der Waals surface area (Å²) in [5.74, 6) is 1.02. The van der Waals surface area contributed by atoms with Crippen molar-refractivity contribution in [2.24, 2.45) is 5.73 Å². The molecule has 0 aliphatic carbocycles. The molecule has 0 aliphatic rings. The minimum absolute atomic E-state index is 0.265. The first-order chi connectivity index (χ1) is 10.2. The number of unbranched alkanes of at least 4 members (excludes halogenated alkanes) is 1. The number of amides is 1. The van der Waals surface area contributed by atoms with E-state index in [1.165, 1.54) is 0 Å². The zero-order valence-electron chi connectivity index (χ0n) is 12.1. The number of hydrogen-bond donors (Lipinski definition) is 4. The van der Waals surface area contributed by atoms with Gasteiger partial charge in [-0.1, -0.05) is 6.92 Å². The van der Waals surface area contributed by atoms with Crippen molar-refractivity contribution in [2.75, 3.05) is 23.7 Å². The third-order valence-corrected chi connectivity index (χ3v) is 2.96. The Kier molecular flexibility index (Phi) is 5.30. The standard InChI is InChI=1S/C13H21N7O/c1-2-6-16-13-19-11(10-12(20-13)18-8-17-10)15-7-4-3-5-9(14)21/h8H,2-7H2,1H3,(H2,14,21)(H3,15,16,17,18,19,20). The summed E-state index contributed by atoms with van der Waals surface area (Å²) in [7, 11) is 0. The van der Waals surface area contributed by atoms with Crippen LogP contribution >= 0.6 is 0 Å². The topological polar surface area (TPSA) is 122 Å². The number of carbonyl (C=O) groups excluding carboxylic acids is 1. The SMILES string of the molecule is CCCNc1nc(NCCCCC(N)=O)c2[nH]cnc2n1. The quantitative estimate of drug-likeness (QED) is 0.516. The minimum atomic E-state index is -0.265. The molecule has 0 unspecified atom stereocenters. The number of nitrogens with two attached hydrogens (primary N) is 1. The molecule has 8 heteroatoms. The van der Waals surface area contributed by atoms with Crippen LogP contribution in [-0.2, 0) is 4.79 Å². The Bertz CT molecular complexity index is 595. The first kappa shape index (κ1) is 15.0. The summed E-state index contributed by atoms with van der Waals surface area (Å²) < 4.78 is 0. The fraction of sp³-hybridized carbons (Fsp3) is 0.538. The van der Waals surface area contributed by atoms with Crippen molar-refractivity contribution in [3.05, 3.63) is 6.33 Å². The largest absolute Gasteiger partial charge is 0.370 e. The fourth-order valence-electron chi connectivity index (χ4n) is 1.91. The van der Waals surface area contributed by atoms with Crippen molar-refractivity contribution < 1.29 is 4.79 Å². The van der Waals surface area contributed by atoms with Crippen LogP contribution < -0.4 is 16.4 Å². The molecule has 2 aromatic heterocycles. The van der Waals surface area contributed by atoms with E-state index in [4.69, 9.17) is 5.73 Å². The maximum atomic E-state index is 10.7. The van der Waals surface area contributed by atoms with Crippen molar-refractivity contribution >= 4 is 28.8 Å². The summed E-state index contributed by atoms with van der Waals surface area (Å²) in [6, 6.07) is 0. The minimum Gasteiger partial charge on any atom is -0.370 e. The van der Waals surface area contributed by atoms with E-state index in [0.29, 0.717) is 24.6 Å². The van der Waals surface area contributed by atoms with Crippen LogP contribution in [0.25, 0.3) is 11.2 Å². The van der Waals surface area contributed by atoms with Crippen LogP contribution in [0.3, 0.4) is 0 Å². The number of nitrogens with zero attached hydrogens (tertiary/aromatic N) is 3. The number of rotatable bonds is 9. The lowest BCUT2D eigenvalue weighted by Gasteiger charge is -2.09. The molecule has 0 saturated carbocycles. The number of H-pyrrole nitrogens is 1. The lowest BCUT2D eigenvalue weighted by atomic mass is 10.2. The Morgan fingerprint density at radius 2 is 2.14 bits per heavy atom. The van der Waals surface area contributed by atoms with Crippen molar-refractivity contribution in [3.63, 3.8) is 0 Å². The number of imidazole rings is 1. The van der Waals surface area contributed by atoms with Crippen molar-refractivity contribution in [1.82, 2.24) is 19.9 Å². The maximum absolute atomic E-state index is 10.7. The number of aromatic nitrogens is 4. The molecule has 5 N–H and O–H groups in total. The highest BCUT2D eigenvalue weighted by Crippen LogP contribution is 2.18. The first-order valence-electron chi connectivity index (χ1n) is 7.18. The summed E-state index contributed by atoms with van der Waals surface area (Å²) in [4.78, 5) is 26.7. The lowest BCUT2D eigenvalue weighted by Crippen LogP contribution is -2.12. The summed E-state index contributed by atoms with van der Waals surface area (Å²) in [5, 5.41) is 6.41. The highest BCUT2D eigenvalue weighted by atomic mass is 16.1. The zero-order valence-corrected chi connectivity index (χ0v) is 12.1. The number of carbonyl (C=O) groups is 1. The Hall–Kier alpha value is -2.38. The van der Waals surface area contributed by atoms with Gasteiger partial charge in [0.25, 0.3) is 0 Å². The monoisotopic (exact) mass is 291 g/mol. The molecule has 0 atom stereocenters. The normalized spacial score (nSPS) is 10.7. The molecule has 8 nitrogen and oxygen atoms in total. The molecule has 1 amide bonds. The van der Waals surface area contributed by atoms with E-state index in [9.17, 15) is 4.79 Å². The van der Waals surface area contributed by atoms with Crippen LogP contribution in [0.2, 0.25) is 0 Å². The molecule has 21 heavy (non-hydrogen) atoms. The lowest BCUT2D eigenvalue weighted by molar-refractivity contribution is -0.118. The van der Waals surface area contributed by atoms with Crippen LogP contribution in [0, 0.1) is 0 Å². The Labute approximate surface area is 123 Å². The molecule has 2 heterocycles. The number of hydrogen-bond acceptors (Lipinski definition) is 6. The van der Waals surface area contributed by atoms with E-state index in [1.54, 1.807) is 6.33 Å². The summed E-state index contributed by atoms with van der Waals surface area (Å²) in [6.45, 7) is 3.61. The van der Waals surface area contributed by atoms with Gasteiger partial charge in [0.1, 0.15) is 5.52 Å². The average molecular weight is 291 g/mol. The van der Waals surface area contributed by atoms with Crippen molar-refractivity contribution in [1.29, 1.82) is 0 Å². The molecule has 0 bridgehead atoms. The molecule has 0 fully saturated rings. The van der Waals surface area contributed by atoms with Crippen LogP contribution in [0.1, 0.15) is 32.6 Å². The first-order valence-corrected chi connectivity index (χ1v) is 7.18. The number of anilines is 2. The fourth-order valence-corrected chi connectivity index (χ4v) is 1.91. The van der Waals surface area contributed by atoms with Gasteiger partial charge in [0.2, 0.25) is 11.9 Å². The van der Waals surface area contributed by atoms with E-state index >= 15 is 0 Å². The molecule has 0 aliphatic heterocycles. The van der Waals surface area contributed by atoms with Gasteiger partial charge in [-0.15, -0.1) is 0 Å². The summed E-state index contributed by atoms with van der Waals surface area (Å²) in [6.07, 6.45) is 4.62. The van der Waals surface area contributed by atoms with Gasteiger partial charge in [-0.05, 0) is 19.3 Å². The second-order valence-electron chi connectivity index (χ2n) is 4.77. The van der Waals surface area contributed by atoms with Crippen LogP contribution in [0.5, 0.6) is 0 Å². The van der Waals surface area contributed by atoms with Gasteiger partial charge < -0.3 is 21.4 Å². The molecular formula is C13H21N7O. The van der Waals surface area contributed by atoms with E-state index in [1.807, 2.05) is 0 Å². The van der Waals surface area contributed by atoms with Crippen molar-refractivity contribution in [2.45, 2.75) is 32.6 Å². The molecule has 0 saturated heterocycles. The van der Waals surface area contributed by atoms with E-state index in [2.05, 4.69) is 37.5 Å². The number of aromatic amines is 1. The molecule has 2 aromatic rings. The maximum Gasteiger partial charge on any atom is 0.226 e. The van der Waals surface area contributed by atoms with Crippen LogP contribution in [-0.4, -0.2) is 38.9 Å². The van der Waals surface area contributed by atoms with E-state index < -0.39 is 0 Å². The van der Waals surface area contributed by atoms with Gasteiger partial charge in [0.05, 0.1) is 6.33 Å². The Balaban J connectivity index is 1.99. The van der Waals surface area contributed by atoms with Gasteiger partial charge in [0, 0.05) is 19.5 Å². The number of fused-ring (bicyclic) bond motifs is 1. The third kappa shape index (κ3) is 4.30. The number of nitrogens with one attached hydrogen (secondary N) is 3. The predicted octanol–water partition coefficient (Wildman–Crippen LogP) is 1.24. The Morgan fingerprint density at radius 1 is 1.29 bits per heavy atom. The smallest absolute Gasteiger partial charge is 0.226 e. The van der Waals surface area contributed by atoms with Gasteiger partial charge >= 0.3 is 0 Å². The highest BCUT2D eigenvalue weighted by Gasteiger charge is 2.09. The van der Waals surface area contributed by atoms with E-state index in [-0.39, 0.29) is 5.91 Å². The second-order valence-corrected chi connectivity index (χ2v) is 4.77. The predicted molar refractivity (Wildman–Crippen MR) is 82.0 cm³/mol. The van der Waals surface area contributed by atoms with Crippen LogP contribution in [0.4, 0.5) is 11.8 Å². The van der Waals surface area contributed by atoms with Crippen molar-refractivity contribution in [3.8, 4) is 0 Å². The number of primary amides is 1. The molecule has 2 rings (SSSR count). The average Bonchev–Trinajstić information content (AvgIpc) is 2.92. The molecular weight excluding hydrogens is 270 g/mol. The zero-order chi connectivity index (χ0) is 15.1. The summed E-state index contributed by atoms with van der Waals surface area (Å²) >= 11 is 0. The molecule has 0 spiro atoms. The van der Waals surface area contributed by atoms with Gasteiger partial charge in [0.15, 0.2) is 11.5 Å². The molecule has 0 radical (unpaired) electrons. The third-order valence-electron chi connectivity index (χ3n) is 2.96. The van der Waals surface area contributed by atoms with Crippen LogP contribution in [0.15, 0.2) is 6.33 Å². The second kappa shape index (κ2) is 7.41. The Morgan fingerprint density at radius 3 is 2.90 bits per heavy atom. The summed E-state index contributed by atoms with van der Waals surface area (Å²) in [5.41, 5.74) is 6.52. The van der Waals surface area contributed by atoms with Gasteiger partial charge in [-0.25, -0.2) is 4.98 Å². The van der Waals surface area contributed by atoms with Gasteiger partial charge in [-0.2, -0.15) is 9.97 Å². The van der Waals surface area contributed by atoms with E-state index in [0.717, 1.165) is 37.1 Å².